The number of methoxy groups -OCH3 is 3. The fourth-order valence-electron chi connectivity index (χ4n) is 1.84. The Balaban J connectivity index is 2.27. The molecule has 0 aliphatic carbocycles. The Morgan fingerprint density at radius 2 is 1.68 bits per heavy atom. The van der Waals surface area contributed by atoms with Crippen LogP contribution in [0.25, 0.3) is 0 Å². The number of nitrogens with one attached hydrogen (secondary N) is 1. The van der Waals surface area contributed by atoms with Crippen molar-refractivity contribution in [3.8, 4) is 5.75 Å². The Morgan fingerprint density at radius 1 is 1.05 bits per heavy atom. The molecule has 0 saturated carbocycles. The topological polar surface area (TPSA) is 39.7 Å². The van der Waals surface area contributed by atoms with Crippen molar-refractivity contribution in [3.05, 3.63) is 29.8 Å². The summed E-state index contributed by atoms with van der Waals surface area (Å²) >= 11 is 0. The van der Waals surface area contributed by atoms with Crippen LogP contribution in [0.2, 0.25) is 0 Å². The van der Waals surface area contributed by atoms with Crippen molar-refractivity contribution in [2.45, 2.75) is 32.1 Å². The van der Waals surface area contributed by atoms with Crippen LogP contribution in [0.4, 0.5) is 0 Å². The molecule has 1 rings (SSSR count). The molecule has 0 radical (unpaired) electrons. The van der Waals surface area contributed by atoms with E-state index in [1.54, 1.807) is 21.3 Å². The summed E-state index contributed by atoms with van der Waals surface area (Å²) in [7, 11) is 4.98. The number of ether oxygens (including phenoxy) is 3. The van der Waals surface area contributed by atoms with Crippen LogP contribution < -0.4 is 10.1 Å². The third-order valence-corrected chi connectivity index (χ3v) is 3.18. The lowest BCUT2D eigenvalue weighted by Crippen LogP contribution is -2.35. The predicted molar refractivity (Wildman–Crippen MR) is 76.6 cm³/mol. The van der Waals surface area contributed by atoms with Gasteiger partial charge in [-0.05, 0) is 37.5 Å². The lowest BCUT2D eigenvalue weighted by Gasteiger charge is -2.18. The largest absolute Gasteiger partial charge is 0.497 e. The number of hydrogen-bond donors (Lipinski definition) is 1. The van der Waals surface area contributed by atoms with Crippen molar-refractivity contribution in [2.24, 2.45) is 0 Å². The van der Waals surface area contributed by atoms with Gasteiger partial charge in [-0.2, -0.15) is 0 Å². The van der Waals surface area contributed by atoms with Crippen molar-refractivity contribution in [2.75, 3.05) is 27.9 Å². The first-order chi connectivity index (χ1) is 9.19. The van der Waals surface area contributed by atoms with Crippen molar-refractivity contribution < 1.29 is 14.2 Å². The highest BCUT2D eigenvalue weighted by atomic mass is 16.7. The van der Waals surface area contributed by atoms with Gasteiger partial charge in [0, 0.05) is 26.8 Å². The third-order valence-electron chi connectivity index (χ3n) is 3.18. The smallest absolute Gasteiger partial charge is 0.169 e. The van der Waals surface area contributed by atoms with Gasteiger partial charge >= 0.3 is 0 Å². The maximum absolute atomic E-state index is 5.14. The van der Waals surface area contributed by atoms with E-state index in [9.17, 15) is 0 Å². The summed E-state index contributed by atoms with van der Waals surface area (Å²) in [4.78, 5) is 0. The van der Waals surface area contributed by atoms with Crippen molar-refractivity contribution in [1.29, 1.82) is 0 Å². The van der Waals surface area contributed by atoms with E-state index in [4.69, 9.17) is 14.2 Å². The molecule has 0 aromatic heterocycles. The van der Waals surface area contributed by atoms with Crippen LogP contribution in [0.1, 0.15) is 18.9 Å². The molecular weight excluding hydrogens is 242 g/mol. The van der Waals surface area contributed by atoms with Gasteiger partial charge in [0.15, 0.2) is 6.29 Å². The molecule has 1 N–H and O–H groups in total. The lowest BCUT2D eigenvalue weighted by molar-refractivity contribution is -0.0997. The quantitative estimate of drug-likeness (QED) is 0.696. The zero-order chi connectivity index (χ0) is 14.1. The van der Waals surface area contributed by atoms with E-state index in [1.807, 2.05) is 12.1 Å². The third kappa shape index (κ3) is 6.05. The molecule has 4 nitrogen and oxygen atoms in total. The summed E-state index contributed by atoms with van der Waals surface area (Å²) in [6, 6.07) is 8.64. The molecular formula is C15H25NO3. The van der Waals surface area contributed by atoms with E-state index in [0.29, 0.717) is 12.6 Å². The van der Waals surface area contributed by atoms with E-state index in [0.717, 1.165) is 18.6 Å². The van der Waals surface area contributed by atoms with Gasteiger partial charge in [0.2, 0.25) is 0 Å². The summed E-state index contributed by atoms with van der Waals surface area (Å²) in [5.41, 5.74) is 1.32. The van der Waals surface area contributed by atoms with Crippen LogP contribution in [0.3, 0.4) is 0 Å². The molecule has 4 heteroatoms. The molecule has 0 saturated heterocycles. The van der Waals surface area contributed by atoms with Crippen molar-refractivity contribution in [3.63, 3.8) is 0 Å². The van der Waals surface area contributed by atoms with Crippen LogP contribution in [0, 0.1) is 0 Å². The Hall–Kier alpha value is -1.10. The average molecular weight is 267 g/mol. The van der Waals surface area contributed by atoms with Gasteiger partial charge in [-0.3, -0.25) is 0 Å². The molecule has 1 aromatic rings. The first-order valence-corrected chi connectivity index (χ1v) is 6.61. The first kappa shape index (κ1) is 16.0. The number of aryl methyl sites for hydroxylation is 1. The molecule has 0 fully saturated rings. The molecule has 19 heavy (non-hydrogen) atoms. The minimum Gasteiger partial charge on any atom is -0.497 e. The molecule has 0 bridgehead atoms. The van der Waals surface area contributed by atoms with Gasteiger partial charge in [0.05, 0.1) is 7.11 Å². The van der Waals surface area contributed by atoms with Crippen LogP contribution in [0.15, 0.2) is 24.3 Å². The van der Waals surface area contributed by atoms with E-state index < -0.39 is 0 Å². The fourth-order valence-corrected chi connectivity index (χ4v) is 1.84. The summed E-state index contributed by atoms with van der Waals surface area (Å²) in [6.07, 6.45) is 1.94. The Labute approximate surface area is 116 Å². The van der Waals surface area contributed by atoms with Crippen molar-refractivity contribution in [1.82, 2.24) is 5.32 Å². The number of rotatable bonds is 9. The summed E-state index contributed by atoms with van der Waals surface area (Å²) < 4.78 is 15.4. The SMILES string of the molecule is COc1ccc(CCC(C)NCC(OC)OC)cc1. The van der Waals surface area contributed by atoms with Crippen LogP contribution >= 0.6 is 0 Å². The highest BCUT2D eigenvalue weighted by Gasteiger charge is 2.08. The highest BCUT2D eigenvalue weighted by Crippen LogP contribution is 2.13. The van der Waals surface area contributed by atoms with E-state index >= 15 is 0 Å². The maximum Gasteiger partial charge on any atom is 0.169 e. The Bertz CT molecular complexity index is 336. The second-order valence-electron chi connectivity index (χ2n) is 4.60. The van der Waals surface area contributed by atoms with Gasteiger partial charge in [-0.1, -0.05) is 12.1 Å². The fraction of sp³-hybridized carbons (Fsp3) is 0.600. The van der Waals surface area contributed by atoms with Gasteiger partial charge in [0.25, 0.3) is 0 Å². The molecule has 0 aliphatic heterocycles. The summed E-state index contributed by atoms with van der Waals surface area (Å²) in [6.45, 7) is 2.88. The van der Waals surface area contributed by atoms with Gasteiger partial charge in [0.1, 0.15) is 5.75 Å². The zero-order valence-corrected chi connectivity index (χ0v) is 12.3. The van der Waals surface area contributed by atoms with Crippen LogP contribution in [0.5, 0.6) is 5.75 Å². The van der Waals surface area contributed by atoms with E-state index in [2.05, 4.69) is 24.4 Å². The number of hydrogen-bond acceptors (Lipinski definition) is 4. The average Bonchev–Trinajstić information content (AvgIpc) is 2.46. The minimum absolute atomic E-state index is 0.177. The first-order valence-electron chi connectivity index (χ1n) is 6.61. The van der Waals surface area contributed by atoms with Crippen molar-refractivity contribution >= 4 is 0 Å². The molecule has 0 aliphatic rings. The normalized spacial score (nSPS) is 12.7. The monoisotopic (exact) mass is 267 g/mol. The number of benzene rings is 1. The molecule has 1 unspecified atom stereocenters. The van der Waals surface area contributed by atoms with Gasteiger partial charge in [-0.15, -0.1) is 0 Å². The Morgan fingerprint density at radius 3 is 2.21 bits per heavy atom. The molecule has 1 atom stereocenters. The standard InChI is InChI=1S/C15H25NO3/c1-12(16-11-15(18-3)19-4)5-6-13-7-9-14(17-2)10-8-13/h7-10,12,15-16H,5-6,11H2,1-4H3. The van der Waals surface area contributed by atoms with Gasteiger partial charge < -0.3 is 19.5 Å². The molecule has 0 heterocycles. The molecule has 1 aromatic carbocycles. The molecule has 0 spiro atoms. The summed E-state index contributed by atoms with van der Waals surface area (Å²) in [5, 5.41) is 3.40. The van der Waals surface area contributed by atoms with E-state index in [1.165, 1.54) is 5.56 Å². The Kier molecular flexibility index (Phi) is 7.48. The van der Waals surface area contributed by atoms with Crippen LogP contribution in [-0.4, -0.2) is 40.2 Å². The molecule has 0 amide bonds. The van der Waals surface area contributed by atoms with E-state index in [-0.39, 0.29) is 6.29 Å². The second kappa shape index (κ2) is 8.91. The minimum atomic E-state index is -0.177. The lowest BCUT2D eigenvalue weighted by atomic mass is 10.1. The predicted octanol–water partition coefficient (Wildman–Crippen LogP) is 2.22. The molecule has 108 valence electrons. The maximum atomic E-state index is 5.14. The zero-order valence-electron chi connectivity index (χ0n) is 12.3. The van der Waals surface area contributed by atoms with Crippen LogP contribution in [-0.2, 0) is 15.9 Å². The highest BCUT2D eigenvalue weighted by molar-refractivity contribution is 5.27. The summed E-state index contributed by atoms with van der Waals surface area (Å²) in [5.74, 6) is 0.901. The second-order valence-corrected chi connectivity index (χ2v) is 4.60. The van der Waals surface area contributed by atoms with Gasteiger partial charge in [-0.25, -0.2) is 0 Å².